The molecule has 0 aliphatic heterocycles. The Morgan fingerprint density at radius 2 is 1.87 bits per heavy atom. The summed E-state index contributed by atoms with van der Waals surface area (Å²) in [4.78, 5) is 28.4. The lowest BCUT2D eigenvalue weighted by Gasteiger charge is -2.08. The van der Waals surface area contributed by atoms with Crippen LogP contribution >= 0.6 is 0 Å². The maximum Gasteiger partial charge on any atom is 0.299 e. The van der Waals surface area contributed by atoms with Crippen molar-refractivity contribution in [2.45, 2.75) is 0 Å². The number of nitrogens with zero attached hydrogens (tertiary/aromatic N) is 6. The number of nitrogens with one attached hydrogen (secondary N) is 1. The van der Waals surface area contributed by atoms with Crippen molar-refractivity contribution in [3.8, 4) is 0 Å². The summed E-state index contributed by atoms with van der Waals surface area (Å²) in [5.74, 6) is -0.429. The molecule has 112 valence electrons. The predicted octanol–water partition coefficient (Wildman–Crippen LogP) is 0.218. The molecule has 4 aromatic rings. The molecule has 0 saturated carbocycles. The largest absolute Gasteiger partial charge is 0.299 e. The number of rotatable bonds is 2. The zero-order chi connectivity index (χ0) is 15.8. The summed E-state index contributed by atoms with van der Waals surface area (Å²) in [7, 11) is 0. The van der Waals surface area contributed by atoms with Crippen LogP contribution in [0.5, 0.6) is 0 Å². The second-order valence-corrected chi connectivity index (χ2v) is 4.70. The highest BCUT2D eigenvalue weighted by atomic mass is 16.2. The maximum atomic E-state index is 12.5. The molecule has 23 heavy (non-hydrogen) atoms. The summed E-state index contributed by atoms with van der Waals surface area (Å²) in [6, 6.07) is 6.42. The Hall–Kier alpha value is -3.62. The number of amides is 1. The van der Waals surface area contributed by atoms with Gasteiger partial charge in [-0.25, -0.2) is 9.19 Å². The molecule has 9 nitrogen and oxygen atoms in total. The van der Waals surface area contributed by atoms with Crippen molar-refractivity contribution in [3.05, 3.63) is 65.0 Å². The number of aromatic nitrogens is 6. The van der Waals surface area contributed by atoms with Gasteiger partial charge in [0.2, 0.25) is 0 Å². The van der Waals surface area contributed by atoms with E-state index >= 15 is 0 Å². The molecule has 0 aromatic carbocycles. The summed E-state index contributed by atoms with van der Waals surface area (Å²) in [5.41, 5.74) is 3.56. The van der Waals surface area contributed by atoms with Gasteiger partial charge in [0, 0.05) is 30.2 Å². The molecule has 0 fully saturated rings. The number of carbonyl (C=O) groups excluding carboxylic acids is 1. The number of hydrogen-bond acceptors (Lipinski definition) is 6. The van der Waals surface area contributed by atoms with Gasteiger partial charge in [0.1, 0.15) is 5.52 Å². The van der Waals surface area contributed by atoms with Gasteiger partial charge >= 0.3 is 0 Å². The summed E-state index contributed by atoms with van der Waals surface area (Å²) >= 11 is 0. The average Bonchev–Trinajstić information content (AvgIpc) is 3.07. The van der Waals surface area contributed by atoms with Gasteiger partial charge in [-0.1, -0.05) is 0 Å². The van der Waals surface area contributed by atoms with Gasteiger partial charge in [-0.15, -0.1) is 10.2 Å². The number of fused-ring (bicyclic) bond motifs is 3. The maximum absolute atomic E-state index is 12.5. The second kappa shape index (κ2) is 4.98. The predicted molar refractivity (Wildman–Crippen MR) is 80.5 cm³/mol. The molecule has 0 bridgehead atoms. The van der Waals surface area contributed by atoms with Crippen molar-refractivity contribution in [3.63, 3.8) is 0 Å². The van der Waals surface area contributed by atoms with Crippen LogP contribution in [0, 0.1) is 0 Å². The van der Waals surface area contributed by atoms with Crippen molar-refractivity contribution in [1.82, 2.24) is 29.5 Å². The lowest BCUT2D eigenvalue weighted by atomic mass is 10.2. The summed E-state index contributed by atoms with van der Waals surface area (Å²) in [6.07, 6.45) is 6.02. The highest BCUT2D eigenvalue weighted by Crippen LogP contribution is 2.07. The van der Waals surface area contributed by atoms with Gasteiger partial charge in [0.05, 0.1) is 6.20 Å². The molecule has 0 unspecified atom stereocenters. The van der Waals surface area contributed by atoms with E-state index in [9.17, 15) is 9.59 Å². The van der Waals surface area contributed by atoms with Crippen LogP contribution in [0.1, 0.15) is 10.4 Å². The van der Waals surface area contributed by atoms with E-state index in [4.69, 9.17) is 0 Å². The molecule has 0 aliphatic rings. The minimum atomic E-state index is -0.491. The van der Waals surface area contributed by atoms with Crippen LogP contribution in [-0.2, 0) is 0 Å². The van der Waals surface area contributed by atoms with E-state index in [0.717, 1.165) is 4.68 Å². The highest BCUT2D eigenvalue weighted by Gasteiger charge is 2.11. The SMILES string of the molecule is O=C(Nn1ccc2c(nnc3ccnn32)c1=O)c1ccncc1. The molecule has 0 atom stereocenters. The number of carbonyl (C=O) groups is 1. The van der Waals surface area contributed by atoms with Gasteiger partial charge in [-0.2, -0.15) is 5.10 Å². The van der Waals surface area contributed by atoms with Crippen molar-refractivity contribution < 1.29 is 4.79 Å². The van der Waals surface area contributed by atoms with E-state index in [-0.39, 0.29) is 5.52 Å². The van der Waals surface area contributed by atoms with Crippen LogP contribution in [0.3, 0.4) is 0 Å². The normalized spacial score (nSPS) is 11.0. The van der Waals surface area contributed by atoms with Gasteiger partial charge in [0.15, 0.2) is 11.2 Å². The van der Waals surface area contributed by atoms with Crippen LogP contribution in [0.15, 0.2) is 53.8 Å². The van der Waals surface area contributed by atoms with Crippen LogP contribution in [0.2, 0.25) is 0 Å². The van der Waals surface area contributed by atoms with E-state index in [0.29, 0.717) is 16.7 Å². The van der Waals surface area contributed by atoms with E-state index < -0.39 is 11.5 Å². The lowest BCUT2D eigenvalue weighted by Crippen LogP contribution is -2.33. The fraction of sp³-hybridized carbons (Fsp3) is 0. The molecule has 0 saturated heterocycles. The number of pyridine rings is 2. The molecule has 4 rings (SSSR count). The zero-order valence-electron chi connectivity index (χ0n) is 11.6. The Morgan fingerprint density at radius 1 is 1.04 bits per heavy atom. The van der Waals surface area contributed by atoms with Crippen molar-refractivity contribution in [2.75, 3.05) is 5.43 Å². The van der Waals surface area contributed by atoms with Gasteiger partial charge in [-0.3, -0.25) is 20.0 Å². The standard InChI is InChI=1S/C14H9N7O2/c22-13(9-1-5-15-6-2-9)19-20-8-4-10-12(14(20)23)18-17-11-3-7-16-21(10)11/h1-8H,(H,19,22). The first-order valence-corrected chi connectivity index (χ1v) is 6.67. The van der Waals surface area contributed by atoms with Gasteiger partial charge in [-0.05, 0) is 18.2 Å². The fourth-order valence-electron chi connectivity index (χ4n) is 2.20. The molecule has 0 aliphatic carbocycles. The highest BCUT2D eigenvalue weighted by molar-refractivity contribution is 5.99. The van der Waals surface area contributed by atoms with Crippen molar-refractivity contribution in [1.29, 1.82) is 0 Å². The molecule has 1 N–H and O–H groups in total. The van der Waals surface area contributed by atoms with Crippen LogP contribution in [0.4, 0.5) is 0 Å². The second-order valence-electron chi connectivity index (χ2n) is 4.70. The van der Waals surface area contributed by atoms with E-state index in [1.54, 1.807) is 30.5 Å². The van der Waals surface area contributed by atoms with Gasteiger partial charge < -0.3 is 0 Å². The van der Waals surface area contributed by atoms with Crippen molar-refractivity contribution in [2.24, 2.45) is 0 Å². The first-order valence-electron chi connectivity index (χ1n) is 6.67. The third-order valence-corrected chi connectivity index (χ3v) is 3.31. The summed E-state index contributed by atoms with van der Waals surface area (Å²) in [5, 5.41) is 11.9. The zero-order valence-corrected chi connectivity index (χ0v) is 11.6. The first kappa shape index (κ1) is 13.1. The van der Waals surface area contributed by atoms with Gasteiger partial charge in [0.25, 0.3) is 11.5 Å². The Labute approximate surface area is 128 Å². The molecule has 4 aromatic heterocycles. The number of hydrogen-bond donors (Lipinski definition) is 1. The molecule has 0 radical (unpaired) electrons. The lowest BCUT2D eigenvalue weighted by molar-refractivity contribution is 0.101. The minimum Gasteiger partial charge on any atom is -0.267 e. The minimum absolute atomic E-state index is 0.110. The molecule has 9 heteroatoms. The molecule has 1 amide bonds. The summed E-state index contributed by atoms with van der Waals surface area (Å²) in [6.45, 7) is 0. The Bertz CT molecular complexity index is 1080. The molecule has 4 heterocycles. The fourth-order valence-corrected chi connectivity index (χ4v) is 2.20. The van der Waals surface area contributed by atoms with E-state index in [1.807, 2.05) is 0 Å². The smallest absolute Gasteiger partial charge is 0.267 e. The Morgan fingerprint density at radius 3 is 2.70 bits per heavy atom. The van der Waals surface area contributed by atoms with Crippen molar-refractivity contribution >= 4 is 22.6 Å². The Balaban J connectivity index is 1.79. The third-order valence-electron chi connectivity index (χ3n) is 3.31. The van der Waals surface area contributed by atoms with E-state index in [2.05, 4.69) is 25.7 Å². The molecular formula is C14H9N7O2. The topological polar surface area (TPSA) is 107 Å². The van der Waals surface area contributed by atoms with E-state index in [1.165, 1.54) is 23.1 Å². The van der Waals surface area contributed by atoms with Crippen LogP contribution < -0.4 is 11.0 Å². The molecule has 0 spiro atoms. The van der Waals surface area contributed by atoms with Crippen LogP contribution in [0.25, 0.3) is 16.7 Å². The van der Waals surface area contributed by atoms with Crippen LogP contribution in [-0.4, -0.2) is 35.4 Å². The quantitative estimate of drug-likeness (QED) is 0.567. The Kier molecular flexibility index (Phi) is 2.83. The first-order chi connectivity index (χ1) is 11.2. The third kappa shape index (κ3) is 2.11. The summed E-state index contributed by atoms with van der Waals surface area (Å²) < 4.78 is 2.58. The molecular weight excluding hydrogens is 298 g/mol. The average molecular weight is 307 g/mol. The monoisotopic (exact) mass is 307 g/mol.